The molecule has 4 heteroatoms. The van der Waals surface area contributed by atoms with Crippen molar-refractivity contribution in [2.75, 3.05) is 5.73 Å². The summed E-state index contributed by atoms with van der Waals surface area (Å²) in [6, 6.07) is 2.67. The molecule has 14 heavy (non-hydrogen) atoms. The van der Waals surface area contributed by atoms with E-state index in [4.69, 9.17) is 11.0 Å². The van der Waals surface area contributed by atoms with E-state index in [1.165, 1.54) is 0 Å². The van der Waals surface area contributed by atoms with Crippen LogP contribution in [0.25, 0.3) is 0 Å². The van der Waals surface area contributed by atoms with Crippen molar-refractivity contribution in [1.82, 2.24) is 9.78 Å². The first kappa shape index (κ1) is 9.07. The summed E-state index contributed by atoms with van der Waals surface area (Å²) in [6.45, 7) is 1.99. The Morgan fingerprint density at radius 1 is 1.71 bits per heavy atom. The van der Waals surface area contributed by atoms with Crippen LogP contribution in [0.2, 0.25) is 0 Å². The molecule has 0 saturated heterocycles. The van der Waals surface area contributed by atoms with Gasteiger partial charge >= 0.3 is 0 Å². The molecule has 0 bridgehead atoms. The number of nitrogen functional groups attached to an aromatic ring is 1. The number of rotatable bonds is 2. The van der Waals surface area contributed by atoms with Gasteiger partial charge in [-0.15, -0.1) is 0 Å². The molecule has 1 aliphatic rings. The van der Waals surface area contributed by atoms with Crippen LogP contribution >= 0.6 is 0 Å². The largest absolute Gasteiger partial charge is 0.396 e. The van der Waals surface area contributed by atoms with Crippen molar-refractivity contribution >= 4 is 5.69 Å². The predicted octanol–water partition coefficient (Wildman–Crippen LogP) is 1.64. The zero-order valence-electron chi connectivity index (χ0n) is 8.27. The lowest BCUT2D eigenvalue weighted by molar-refractivity contribution is 0.184. The van der Waals surface area contributed by atoms with Gasteiger partial charge in [-0.2, -0.15) is 10.4 Å². The van der Waals surface area contributed by atoms with Crippen molar-refractivity contribution in [3.8, 4) is 6.07 Å². The average molecular weight is 190 g/mol. The highest BCUT2D eigenvalue weighted by Crippen LogP contribution is 2.40. The molecule has 1 aliphatic carbocycles. The van der Waals surface area contributed by atoms with Gasteiger partial charge in [0.2, 0.25) is 0 Å². The lowest BCUT2D eigenvalue weighted by atomic mass is 9.78. The lowest BCUT2D eigenvalue weighted by Gasteiger charge is -2.34. The maximum Gasteiger partial charge on any atom is 0.0730 e. The summed E-state index contributed by atoms with van der Waals surface area (Å²) in [7, 11) is 0. The van der Waals surface area contributed by atoms with Crippen LogP contribution in [0.3, 0.4) is 0 Å². The van der Waals surface area contributed by atoms with Crippen LogP contribution in [0.1, 0.15) is 31.0 Å². The number of hydrogen-bond donors (Lipinski definition) is 1. The number of aromatic nitrogens is 2. The van der Waals surface area contributed by atoms with Crippen molar-refractivity contribution in [3.63, 3.8) is 0 Å². The van der Waals surface area contributed by atoms with Crippen LogP contribution < -0.4 is 5.73 Å². The van der Waals surface area contributed by atoms with Crippen LogP contribution in [0.4, 0.5) is 5.69 Å². The van der Waals surface area contributed by atoms with Gasteiger partial charge in [0.1, 0.15) is 0 Å². The molecule has 0 radical (unpaired) electrons. The SMILES string of the molecule is Cc1c(N)cnn1C1CC(CC#N)C1. The van der Waals surface area contributed by atoms with Gasteiger partial charge < -0.3 is 5.73 Å². The summed E-state index contributed by atoms with van der Waals surface area (Å²) in [5.41, 5.74) is 7.52. The molecule has 2 N–H and O–H groups in total. The van der Waals surface area contributed by atoms with Crippen LogP contribution in [0, 0.1) is 24.2 Å². The third-order valence-corrected chi connectivity index (χ3v) is 3.02. The third kappa shape index (κ3) is 1.35. The fourth-order valence-electron chi connectivity index (χ4n) is 2.00. The van der Waals surface area contributed by atoms with Crippen molar-refractivity contribution < 1.29 is 0 Å². The van der Waals surface area contributed by atoms with E-state index in [0.717, 1.165) is 24.2 Å². The first-order chi connectivity index (χ1) is 6.72. The summed E-state index contributed by atoms with van der Waals surface area (Å²) >= 11 is 0. The normalized spacial score (nSPS) is 25.4. The highest BCUT2D eigenvalue weighted by molar-refractivity contribution is 5.40. The number of nitrogens with zero attached hydrogens (tertiary/aromatic N) is 3. The third-order valence-electron chi connectivity index (χ3n) is 3.02. The molecule has 1 fully saturated rings. The molecule has 1 aromatic rings. The smallest absolute Gasteiger partial charge is 0.0730 e. The van der Waals surface area contributed by atoms with Gasteiger partial charge in [-0.25, -0.2) is 0 Å². The Hall–Kier alpha value is -1.50. The predicted molar refractivity (Wildman–Crippen MR) is 53.4 cm³/mol. The summed E-state index contributed by atoms with van der Waals surface area (Å²) in [5, 5.41) is 12.8. The van der Waals surface area contributed by atoms with E-state index in [-0.39, 0.29) is 0 Å². The molecule has 0 unspecified atom stereocenters. The minimum Gasteiger partial charge on any atom is -0.396 e. The van der Waals surface area contributed by atoms with Gasteiger partial charge in [-0.05, 0) is 25.7 Å². The average Bonchev–Trinajstić information content (AvgIpc) is 2.41. The van der Waals surface area contributed by atoms with Crippen molar-refractivity contribution in [2.24, 2.45) is 5.92 Å². The fraction of sp³-hybridized carbons (Fsp3) is 0.600. The standard InChI is InChI=1S/C10H14N4/c1-7-10(12)6-13-14(7)9-4-8(5-9)2-3-11/h6,8-9H,2,4-5,12H2,1H3. The molecular weight excluding hydrogens is 176 g/mol. The first-order valence-corrected chi connectivity index (χ1v) is 4.89. The second kappa shape index (κ2) is 3.33. The fourth-order valence-corrected chi connectivity index (χ4v) is 2.00. The van der Waals surface area contributed by atoms with E-state index in [0.29, 0.717) is 18.4 Å². The molecule has 0 spiro atoms. The topological polar surface area (TPSA) is 67.6 Å². The van der Waals surface area contributed by atoms with E-state index in [1.807, 2.05) is 11.6 Å². The number of nitrogens with two attached hydrogens (primary N) is 1. The van der Waals surface area contributed by atoms with Gasteiger partial charge in [-0.3, -0.25) is 4.68 Å². The molecule has 74 valence electrons. The zero-order chi connectivity index (χ0) is 10.1. The van der Waals surface area contributed by atoms with Gasteiger partial charge in [0.25, 0.3) is 0 Å². The number of anilines is 1. The van der Waals surface area contributed by atoms with E-state index in [1.54, 1.807) is 6.20 Å². The molecule has 2 rings (SSSR count). The first-order valence-electron chi connectivity index (χ1n) is 4.89. The Morgan fingerprint density at radius 3 is 2.93 bits per heavy atom. The van der Waals surface area contributed by atoms with Gasteiger partial charge in [-0.1, -0.05) is 0 Å². The van der Waals surface area contributed by atoms with Gasteiger partial charge in [0.05, 0.1) is 29.7 Å². The van der Waals surface area contributed by atoms with Crippen LogP contribution in [0.5, 0.6) is 0 Å². The van der Waals surface area contributed by atoms with Crippen LogP contribution in [-0.4, -0.2) is 9.78 Å². The Morgan fingerprint density at radius 2 is 2.43 bits per heavy atom. The highest BCUT2D eigenvalue weighted by atomic mass is 15.3. The summed E-state index contributed by atoms with van der Waals surface area (Å²) in [5.74, 6) is 0.565. The van der Waals surface area contributed by atoms with Crippen molar-refractivity contribution in [2.45, 2.75) is 32.2 Å². The second-order valence-corrected chi connectivity index (χ2v) is 3.98. The molecule has 1 saturated carbocycles. The van der Waals surface area contributed by atoms with E-state index < -0.39 is 0 Å². The Balaban J connectivity index is 2.00. The van der Waals surface area contributed by atoms with Gasteiger partial charge in [0.15, 0.2) is 0 Å². The summed E-state index contributed by atoms with van der Waals surface area (Å²) in [4.78, 5) is 0. The second-order valence-electron chi connectivity index (χ2n) is 3.98. The van der Waals surface area contributed by atoms with Gasteiger partial charge in [0, 0.05) is 6.42 Å². The minimum atomic E-state index is 0.464. The molecule has 1 aromatic heterocycles. The van der Waals surface area contributed by atoms with Crippen LogP contribution in [0.15, 0.2) is 6.20 Å². The molecule has 0 amide bonds. The zero-order valence-corrected chi connectivity index (χ0v) is 8.27. The molecular formula is C10H14N4. The summed E-state index contributed by atoms with van der Waals surface area (Å²) in [6.07, 6.45) is 4.50. The van der Waals surface area contributed by atoms with Crippen molar-refractivity contribution in [1.29, 1.82) is 5.26 Å². The maximum absolute atomic E-state index is 8.52. The Bertz CT molecular complexity index is 368. The molecule has 4 nitrogen and oxygen atoms in total. The Kier molecular flexibility index (Phi) is 2.16. The highest BCUT2D eigenvalue weighted by Gasteiger charge is 2.31. The van der Waals surface area contributed by atoms with Crippen LogP contribution in [-0.2, 0) is 0 Å². The number of nitriles is 1. The summed E-state index contributed by atoms with van der Waals surface area (Å²) < 4.78 is 1.99. The molecule has 0 aliphatic heterocycles. The van der Waals surface area contributed by atoms with Crippen molar-refractivity contribution in [3.05, 3.63) is 11.9 Å². The number of hydrogen-bond acceptors (Lipinski definition) is 3. The molecule has 0 aromatic carbocycles. The van der Waals surface area contributed by atoms with E-state index >= 15 is 0 Å². The maximum atomic E-state index is 8.52. The molecule has 1 heterocycles. The quantitative estimate of drug-likeness (QED) is 0.770. The monoisotopic (exact) mass is 190 g/mol. The minimum absolute atomic E-state index is 0.464. The van der Waals surface area contributed by atoms with E-state index in [9.17, 15) is 0 Å². The Labute approximate surface area is 83.3 Å². The lowest BCUT2D eigenvalue weighted by Crippen LogP contribution is -2.28. The molecule has 0 atom stereocenters. The van der Waals surface area contributed by atoms with E-state index in [2.05, 4.69) is 11.2 Å².